The Morgan fingerprint density at radius 1 is 1.61 bits per heavy atom. The molecule has 1 N–H and O–H groups in total. The molecule has 98 valence electrons. The number of methoxy groups -OCH3 is 1. The van der Waals surface area contributed by atoms with Crippen LogP contribution in [0.15, 0.2) is 18.2 Å². The summed E-state index contributed by atoms with van der Waals surface area (Å²) in [5.74, 6) is 0.657. The van der Waals surface area contributed by atoms with Gasteiger partial charge in [0.2, 0.25) is 0 Å². The molecule has 2 rings (SSSR count). The number of benzene rings is 1. The van der Waals surface area contributed by atoms with E-state index >= 15 is 0 Å². The summed E-state index contributed by atoms with van der Waals surface area (Å²) in [6.45, 7) is 1.43. The maximum Gasteiger partial charge on any atom is 0.254 e. The van der Waals surface area contributed by atoms with Crippen LogP contribution in [0.5, 0.6) is 5.75 Å². The van der Waals surface area contributed by atoms with E-state index in [1.54, 1.807) is 23.1 Å². The first-order chi connectivity index (χ1) is 8.65. The molecule has 1 fully saturated rings. The molecule has 0 bridgehead atoms. The minimum absolute atomic E-state index is 0.0408. The Labute approximate surface area is 111 Å². The van der Waals surface area contributed by atoms with Crippen molar-refractivity contribution in [1.82, 2.24) is 4.90 Å². The van der Waals surface area contributed by atoms with E-state index in [0.29, 0.717) is 29.4 Å². The Bertz CT molecular complexity index is 450. The van der Waals surface area contributed by atoms with Gasteiger partial charge in [-0.1, -0.05) is 11.6 Å². The second kappa shape index (κ2) is 5.59. The third kappa shape index (κ3) is 2.60. The maximum atomic E-state index is 12.2. The Morgan fingerprint density at radius 3 is 3.00 bits per heavy atom. The lowest BCUT2D eigenvalue weighted by atomic mass is 10.1. The fraction of sp³-hybridized carbons (Fsp3) is 0.462. The van der Waals surface area contributed by atoms with Crippen LogP contribution < -0.4 is 4.74 Å². The van der Waals surface area contributed by atoms with Crippen LogP contribution in [0.4, 0.5) is 0 Å². The lowest BCUT2D eigenvalue weighted by molar-refractivity contribution is 0.0781. The van der Waals surface area contributed by atoms with Crippen molar-refractivity contribution < 1.29 is 14.6 Å². The van der Waals surface area contributed by atoms with Crippen molar-refractivity contribution in [3.63, 3.8) is 0 Å². The number of nitrogens with zero attached hydrogens (tertiary/aromatic N) is 1. The zero-order valence-corrected chi connectivity index (χ0v) is 11.0. The predicted molar refractivity (Wildman–Crippen MR) is 69.1 cm³/mol. The Kier molecular flexibility index (Phi) is 4.09. The molecule has 1 heterocycles. The number of aliphatic hydroxyl groups is 1. The van der Waals surface area contributed by atoms with Crippen molar-refractivity contribution in [2.75, 3.05) is 26.8 Å². The Hall–Kier alpha value is -1.26. The molecule has 5 heteroatoms. The molecule has 1 amide bonds. The van der Waals surface area contributed by atoms with Crippen LogP contribution in [0.1, 0.15) is 16.8 Å². The number of hydrogen-bond acceptors (Lipinski definition) is 3. The van der Waals surface area contributed by atoms with Crippen molar-refractivity contribution >= 4 is 17.5 Å². The zero-order valence-electron chi connectivity index (χ0n) is 10.2. The number of carbonyl (C=O) groups is 1. The molecule has 1 saturated heterocycles. The Morgan fingerprint density at radius 2 is 2.39 bits per heavy atom. The van der Waals surface area contributed by atoms with E-state index in [1.807, 2.05) is 0 Å². The molecule has 1 aromatic rings. The molecule has 1 aliphatic rings. The van der Waals surface area contributed by atoms with E-state index in [-0.39, 0.29) is 18.4 Å². The van der Waals surface area contributed by atoms with Crippen molar-refractivity contribution in [1.29, 1.82) is 0 Å². The van der Waals surface area contributed by atoms with Crippen molar-refractivity contribution in [3.8, 4) is 5.75 Å². The second-order valence-corrected chi connectivity index (χ2v) is 4.84. The standard InChI is InChI=1S/C13H16ClNO3/c1-18-12-6-10(2-3-11(12)14)13(17)15-5-4-9(7-15)8-16/h2-3,6,9,16H,4-5,7-8H2,1H3. The van der Waals surface area contributed by atoms with Gasteiger partial charge in [-0.15, -0.1) is 0 Å². The summed E-state index contributed by atoms with van der Waals surface area (Å²) in [4.78, 5) is 14.0. The quantitative estimate of drug-likeness (QED) is 0.910. The normalized spacial score (nSPS) is 19.1. The molecule has 4 nitrogen and oxygen atoms in total. The molecule has 0 aromatic heterocycles. The number of halogens is 1. The summed E-state index contributed by atoms with van der Waals surface area (Å²) in [6, 6.07) is 5.00. The summed E-state index contributed by atoms with van der Waals surface area (Å²) in [5, 5.41) is 9.57. The van der Waals surface area contributed by atoms with Gasteiger partial charge in [0.05, 0.1) is 12.1 Å². The zero-order chi connectivity index (χ0) is 13.1. The van der Waals surface area contributed by atoms with Crippen molar-refractivity contribution in [3.05, 3.63) is 28.8 Å². The monoisotopic (exact) mass is 269 g/mol. The van der Waals surface area contributed by atoms with Crippen molar-refractivity contribution in [2.45, 2.75) is 6.42 Å². The summed E-state index contributed by atoms with van der Waals surface area (Å²) in [5.41, 5.74) is 0.565. The first kappa shape index (κ1) is 13.2. The number of carbonyl (C=O) groups excluding carboxylic acids is 1. The average Bonchev–Trinajstić information content (AvgIpc) is 2.87. The molecule has 1 atom stereocenters. The Balaban J connectivity index is 2.14. The maximum absolute atomic E-state index is 12.2. The minimum Gasteiger partial charge on any atom is -0.495 e. The summed E-state index contributed by atoms with van der Waals surface area (Å²) in [7, 11) is 1.52. The molecule has 1 aliphatic heterocycles. The van der Waals surface area contributed by atoms with Gasteiger partial charge in [-0.25, -0.2) is 0 Å². The van der Waals surface area contributed by atoms with Gasteiger partial charge in [0.25, 0.3) is 5.91 Å². The van der Waals surface area contributed by atoms with Gasteiger partial charge in [-0.05, 0) is 24.6 Å². The van der Waals surface area contributed by atoms with Gasteiger partial charge < -0.3 is 14.7 Å². The second-order valence-electron chi connectivity index (χ2n) is 4.44. The summed E-state index contributed by atoms with van der Waals surface area (Å²) in [6.07, 6.45) is 0.854. The van der Waals surface area contributed by atoms with Gasteiger partial charge in [-0.3, -0.25) is 4.79 Å². The highest BCUT2D eigenvalue weighted by Crippen LogP contribution is 2.26. The summed E-state index contributed by atoms with van der Waals surface area (Å²) >= 11 is 5.92. The number of likely N-dealkylation sites (tertiary alicyclic amines) is 1. The van der Waals surface area contributed by atoms with Crippen LogP contribution in [0.3, 0.4) is 0 Å². The molecule has 0 spiro atoms. The van der Waals surface area contributed by atoms with E-state index < -0.39 is 0 Å². The number of rotatable bonds is 3. The molecule has 0 aliphatic carbocycles. The van der Waals surface area contributed by atoms with Crippen LogP contribution in [0, 0.1) is 5.92 Å². The lowest BCUT2D eigenvalue weighted by Crippen LogP contribution is -2.29. The van der Waals surface area contributed by atoms with Crippen molar-refractivity contribution in [2.24, 2.45) is 5.92 Å². The van der Waals surface area contributed by atoms with E-state index in [1.165, 1.54) is 7.11 Å². The van der Waals surface area contributed by atoms with E-state index in [2.05, 4.69) is 0 Å². The third-order valence-corrected chi connectivity index (χ3v) is 3.54. The molecule has 1 aromatic carbocycles. The number of ether oxygens (including phenoxy) is 1. The van der Waals surface area contributed by atoms with Crippen LogP contribution >= 0.6 is 11.6 Å². The van der Waals surface area contributed by atoms with Crippen LogP contribution in [-0.4, -0.2) is 42.7 Å². The first-order valence-corrected chi connectivity index (χ1v) is 6.27. The molecule has 0 saturated carbocycles. The molecular weight excluding hydrogens is 254 g/mol. The number of amides is 1. The van der Waals surface area contributed by atoms with Gasteiger partial charge in [0.15, 0.2) is 0 Å². The molecule has 1 unspecified atom stereocenters. The number of hydrogen-bond donors (Lipinski definition) is 1. The van der Waals surface area contributed by atoms with Gasteiger partial charge in [0, 0.05) is 31.2 Å². The van der Waals surface area contributed by atoms with Crippen LogP contribution in [0.2, 0.25) is 5.02 Å². The third-order valence-electron chi connectivity index (χ3n) is 3.23. The van der Waals surface area contributed by atoms with Crippen LogP contribution in [0.25, 0.3) is 0 Å². The topological polar surface area (TPSA) is 49.8 Å². The first-order valence-electron chi connectivity index (χ1n) is 5.89. The van der Waals surface area contributed by atoms with E-state index in [4.69, 9.17) is 21.4 Å². The SMILES string of the molecule is COc1cc(C(=O)N2CCC(CO)C2)ccc1Cl. The smallest absolute Gasteiger partial charge is 0.254 e. The average molecular weight is 270 g/mol. The van der Waals surface area contributed by atoms with Gasteiger partial charge in [0.1, 0.15) is 5.75 Å². The molecule has 18 heavy (non-hydrogen) atoms. The predicted octanol–water partition coefficient (Wildman–Crippen LogP) is 1.80. The van der Waals surface area contributed by atoms with Gasteiger partial charge >= 0.3 is 0 Å². The largest absolute Gasteiger partial charge is 0.495 e. The highest BCUT2D eigenvalue weighted by Gasteiger charge is 2.26. The van der Waals surface area contributed by atoms with E-state index in [0.717, 1.165) is 6.42 Å². The minimum atomic E-state index is -0.0408. The highest BCUT2D eigenvalue weighted by molar-refractivity contribution is 6.32. The molecular formula is C13H16ClNO3. The van der Waals surface area contributed by atoms with Crippen LogP contribution in [-0.2, 0) is 0 Å². The fourth-order valence-electron chi connectivity index (χ4n) is 2.14. The fourth-order valence-corrected chi connectivity index (χ4v) is 2.34. The number of aliphatic hydroxyl groups excluding tert-OH is 1. The summed E-state index contributed by atoms with van der Waals surface area (Å²) < 4.78 is 5.10. The highest BCUT2D eigenvalue weighted by atomic mass is 35.5. The van der Waals surface area contributed by atoms with E-state index in [9.17, 15) is 4.79 Å². The molecule has 0 radical (unpaired) electrons. The van der Waals surface area contributed by atoms with Gasteiger partial charge in [-0.2, -0.15) is 0 Å². The lowest BCUT2D eigenvalue weighted by Gasteiger charge is -2.16.